The molecule has 18 heavy (non-hydrogen) atoms. The van der Waals surface area contributed by atoms with E-state index in [1.54, 1.807) is 6.20 Å². The molecule has 0 saturated heterocycles. The molecule has 0 amide bonds. The Morgan fingerprint density at radius 1 is 1.61 bits per heavy atom. The lowest BCUT2D eigenvalue weighted by molar-refractivity contribution is -0.000833. The van der Waals surface area contributed by atoms with Gasteiger partial charge in [-0.15, -0.1) is 0 Å². The first kappa shape index (κ1) is 13.1. The molecule has 5 heteroatoms. The van der Waals surface area contributed by atoms with Crippen molar-refractivity contribution in [1.29, 1.82) is 0 Å². The van der Waals surface area contributed by atoms with E-state index in [1.165, 1.54) is 6.42 Å². The Kier molecular flexibility index (Phi) is 3.71. The number of nitrogens with two attached hydrogens (primary N) is 1. The molecule has 1 fully saturated rings. The standard InChI is InChI=1S/C13H22N4O/c1-9-4-3-5-13(18,6-9)8-16-11-10(2)7-15-12(14)17-11/h7,9,18H,3-6,8H2,1-2H3,(H3,14,15,16,17). The summed E-state index contributed by atoms with van der Waals surface area (Å²) < 4.78 is 0. The van der Waals surface area contributed by atoms with Gasteiger partial charge in [-0.05, 0) is 25.7 Å². The molecule has 0 aliphatic heterocycles. The minimum Gasteiger partial charge on any atom is -0.388 e. The van der Waals surface area contributed by atoms with Crippen LogP contribution in [0.1, 0.15) is 38.2 Å². The van der Waals surface area contributed by atoms with Gasteiger partial charge in [-0.2, -0.15) is 4.98 Å². The molecule has 2 rings (SSSR count). The third-order valence-electron chi connectivity index (χ3n) is 3.64. The summed E-state index contributed by atoms with van der Waals surface area (Å²) in [6.07, 6.45) is 5.69. The Morgan fingerprint density at radius 2 is 2.39 bits per heavy atom. The van der Waals surface area contributed by atoms with Crippen LogP contribution in [0.4, 0.5) is 11.8 Å². The van der Waals surface area contributed by atoms with Crippen LogP contribution in [0.25, 0.3) is 0 Å². The molecule has 2 atom stereocenters. The van der Waals surface area contributed by atoms with Gasteiger partial charge < -0.3 is 16.2 Å². The lowest BCUT2D eigenvalue weighted by Crippen LogP contribution is -2.41. The van der Waals surface area contributed by atoms with Crippen LogP contribution in [-0.2, 0) is 0 Å². The van der Waals surface area contributed by atoms with Crippen LogP contribution in [-0.4, -0.2) is 27.2 Å². The molecular weight excluding hydrogens is 228 g/mol. The molecule has 2 unspecified atom stereocenters. The Labute approximate surface area is 108 Å². The van der Waals surface area contributed by atoms with Crippen LogP contribution in [0.5, 0.6) is 0 Å². The van der Waals surface area contributed by atoms with Crippen LogP contribution in [0.2, 0.25) is 0 Å². The summed E-state index contributed by atoms with van der Waals surface area (Å²) in [5.74, 6) is 1.56. The van der Waals surface area contributed by atoms with Crippen molar-refractivity contribution in [3.05, 3.63) is 11.8 Å². The molecule has 1 aliphatic rings. The fraction of sp³-hybridized carbons (Fsp3) is 0.692. The van der Waals surface area contributed by atoms with Gasteiger partial charge in [0.05, 0.1) is 5.60 Å². The molecule has 0 bridgehead atoms. The monoisotopic (exact) mass is 250 g/mol. The zero-order valence-electron chi connectivity index (χ0n) is 11.1. The predicted octanol–water partition coefficient (Wildman–Crippen LogP) is 1.72. The summed E-state index contributed by atoms with van der Waals surface area (Å²) in [7, 11) is 0. The lowest BCUT2D eigenvalue weighted by atomic mass is 9.79. The maximum absolute atomic E-state index is 10.5. The SMILES string of the molecule is Cc1cnc(N)nc1NCC1(O)CCCC(C)C1. The molecule has 1 aliphatic carbocycles. The maximum atomic E-state index is 10.5. The minimum absolute atomic E-state index is 0.257. The van der Waals surface area contributed by atoms with Crippen LogP contribution in [0.15, 0.2) is 6.20 Å². The van der Waals surface area contributed by atoms with E-state index in [1.807, 2.05) is 6.92 Å². The molecular formula is C13H22N4O. The van der Waals surface area contributed by atoms with E-state index in [4.69, 9.17) is 5.73 Å². The maximum Gasteiger partial charge on any atom is 0.221 e. The van der Waals surface area contributed by atoms with Crippen LogP contribution >= 0.6 is 0 Å². The number of hydrogen-bond donors (Lipinski definition) is 3. The highest BCUT2D eigenvalue weighted by atomic mass is 16.3. The molecule has 1 saturated carbocycles. The van der Waals surface area contributed by atoms with Crippen molar-refractivity contribution in [3.8, 4) is 0 Å². The highest BCUT2D eigenvalue weighted by Crippen LogP contribution is 2.32. The topological polar surface area (TPSA) is 84.1 Å². The second kappa shape index (κ2) is 5.10. The average molecular weight is 250 g/mol. The van der Waals surface area contributed by atoms with Gasteiger partial charge in [0, 0.05) is 18.3 Å². The van der Waals surface area contributed by atoms with Crippen molar-refractivity contribution in [1.82, 2.24) is 9.97 Å². The molecule has 1 aromatic rings. The summed E-state index contributed by atoms with van der Waals surface area (Å²) in [5, 5.41) is 13.7. The first-order valence-electron chi connectivity index (χ1n) is 6.54. The van der Waals surface area contributed by atoms with E-state index >= 15 is 0 Å². The summed E-state index contributed by atoms with van der Waals surface area (Å²) in [4.78, 5) is 8.08. The van der Waals surface area contributed by atoms with Crippen molar-refractivity contribution in [3.63, 3.8) is 0 Å². The van der Waals surface area contributed by atoms with Gasteiger partial charge in [0.2, 0.25) is 5.95 Å². The van der Waals surface area contributed by atoms with Crippen LogP contribution in [0, 0.1) is 12.8 Å². The highest BCUT2D eigenvalue weighted by molar-refractivity contribution is 5.45. The fourth-order valence-corrected chi connectivity index (χ4v) is 2.68. The van der Waals surface area contributed by atoms with Gasteiger partial charge in [-0.25, -0.2) is 4.98 Å². The number of nitrogen functional groups attached to an aromatic ring is 1. The zero-order chi connectivity index (χ0) is 13.2. The number of aryl methyl sites for hydroxylation is 1. The molecule has 100 valence electrons. The normalized spacial score (nSPS) is 28.1. The van der Waals surface area contributed by atoms with Crippen LogP contribution in [0.3, 0.4) is 0 Å². The summed E-state index contributed by atoms with van der Waals surface area (Å²) >= 11 is 0. The number of nitrogens with zero attached hydrogens (tertiary/aromatic N) is 2. The van der Waals surface area contributed by atoms with Gasteiger partial charge in [0.25, 0.3) is 0 Å². The van der Waals surface area contributed by atoms with Crippen molar-refractivity contribution in [2.75, 3.05) is 17.6 Å². The first-order chi connectivity index (χ1) is 8.48. The Morgan fingerprint density at radius 3 is 3.11 bits per heavy atom. The van der Waals surface area contributed by atoms with Gasteiger partial charge in [0.1, 0.15) is 5.82 Å². The number of anilines is 2. The van der Waals surface area contributed by atoms with Crippen molar-refractivity contribution in [2.24, 2.45) is 5.92 Å². The minimum atomic E-state index is -0.621. The number of hydrogen-bond acceptors (Lipinski definition) is 5. The fourth-order valence-electron chi connectivity index (χ4n) is 2.68. The third kappa shape index (κ3) is 3.10. The molecule has 4 N–H and O–H groups in total. The van der Waals surface area contributed by atoms with Crippen molar-refractivity contribution in [2.45, 2.75) is 45.1 Å². The number of aliphatic hydroxyl groups is 1. The first-order valence-corrected chi connectivity index (χ1v) is 6.54. The van der Waals surface area contributed by atoms with Gasteiger partial charge >= 0.3 is 0 Å². The molecule has 0 aromatic carbocycles. The summed E-state index contributed by atoms with van der Waals surface area (Å²) in [6.45, 7) is 4.64. The van der Waals surface area contributed by atoms with Gasteiger partial charge in [0.15, 0.2) is 0 Å². The van der Waals surface area contributed by atoms with E-state index in [2.05, 4.69) is 22.2 Å². The zero-order valence-corrected chi connectivity index (χ0v) is 11.1. The number of nitrogens with one attached hydrogen (secondary N) is 1. The van der Waals surface area contributed by atoms with Gasteiger partial charge in [-0.1, -0.05) is 19.8 Å². The van der Waals surface area contributed by atoms with Crippen molar-refractivity contribution < 1.29 is 5.11 Å². The van der Waals surface area contributed by atoms with E-state index in [0.717, 1.165) is 24.8 Å². The second-order valence-corrected chi connectivity index (χ2v) is 5.54. The van der Waals surface area contributed by atoms with E-state index in [0.29, 0.717) is 18.3 Å². The predicted molar refractivity (Wildman–Crippen MR) is 72.3 cm³/mol. The third-order valence-corrected chi connectivity index (χ3v) is 3.64. The molecule has 5 nitrogen and oxygen atoms in total. The number of rotatable bonds is 3. The Hall–Kier alpha value is -1.36. The quantitative estimate of drug-likeness (QED) is 0.760. The smallest absolute Gasteiger partial charge is 0.221 e. The highest BCUT2D eigenvalue weighted by Gasteiger charge is 2.32. The second-order valence-electron chi connectivity index (χ2n) is 5.54. The van der Waals surface area contributed by atoms with E-state index < -0.39 is 5.60 Å². The Bertz CT molecular complexity index is 423. The Balaban J connectivity index is 2.00. The molecule has 1 heterocycles. The molecule has 1 aromatic heterocycles. The average Bonchev–Trinajstić information content (AvgIpc) is 2.30. The van der Waals surface area contributed by atoms with Gasteiger partial charge in [-0.3, -0.25) is 0 Å². The van der Waals surface area contributed by atoms with Crippen LogP contribution < -0.4 is 11.1 Å². The lowest BCUT2D eigenvalue weighted by Gasteiger charge is -2.35. The summed E-state index contributed by atoms with van der Waals surface area (Å²) in [6, 6.07) is 0. The molecule has 0 spiro atoms. The summed E-state index contributed by atoms with van der Waals surface area (Å²) in [5.41, 5.74) is 5.89. The molecule has 0 radical (unpaired) electrons. The van der Waals surface area contributed by atoms with E-state index in [9.17, 15) is 5.11 Å². The van der Waals surface area contributed by atoms with E-state index in [-0.39, 0.29) is 5.95 Å². The van der Waals surface area contributed by atoms with Crippen molar-refractivity contribution >= 4 is 11.8 Å². The largest absolute Gasteiger partial charge is 0.388 e. The number of aromatic nitrogens is 2.